The smallest absolute Gasteiger partial charge is 0.225 e. The molecule has 2 aliphatic heterocycles. The summed E-state index contributed by atoms with van der Waals surface area (Å²) in [4.78, 5) is 17.5. The maximum Gasteiger partial charge on any atom is 0.225 e. The molecule has 0 saturated carbocycles. The van der Waals surface area contributed by atoms with E-state index in [-0.39, 0.29) is 23.7 Å². The first kappa shape index (κ1) is 17.6. The van der Waals surface area contributed by atoms with Crippen LogP contribution in [0.2, 0.25) is 0 Å². The fourth-order valence-electron chi connectivity index (χ4n) is 4.25. The zero-order valence-corrected chi connectivity index (χ0v) is 15.3. The van der Waals surface area contributed by atoms with Gasteiger partial charge in [-0.3, -0.25) is 4.79 Å². The second-order valence-corrected chi connectivity index (χ2v) is 7.16. The molecule has 2 heterocycles. The number of benzene rings is 2. The van der Waals surface area contributed by atoms with Crippen LogP contribution in [0.15, 0.2) is 61.2 Å². The molecule has 0 spiro atoms. The molecular weight excluding hydrogens is 341 g/mol. The van der Waals surface area contributed by atoms with Gasteiger partial charge in [0, 0.05) is 37.6 Å². The summed E-state index contributed by atoms with van der Waals surface area (Å²) in [6.45, 7) is 6.59. The lowest BCUT2D eigenvalue weighted by molar-refractivity contribution is -0.125. The summed E-state index contributed by atoms with van der Waals surface area (Å²) in [7, 11) is 0. The van der Waals surface area contributed by atoms with Gasteiger partial charge in [-0.25, -0.2) is 4.39 Å². The van der Waals surface area contributed by atoms with Crippen LogP contribution < -0.4 is 15.1 Å². The standard InChI is InChI=1S/C22H24FN3O/c1-2-11-24-22(27)19-14-16-5-3-4-6-20(16)26-13-12-25(15-21(19)26)18-9-7-17(23)8-10-18/h2-10,19,21H,1,11-15H2,(H,24,27)/t19-,21-/m1/s1. The molecule has 140 valence electrons. The number of hydrogen-bond acceptors (Lipinski definition) is 3. The van der Waals surface area contributed by atoms with Gasteiger partial charge in [0.2, 0.25) is 5.91 Å². The fourth-order valence-corrected chi connectivity index (χ4v) is 4.25. The van der Waals surface area contributed by atoms with Crippen molar-refractivity contribution in [2.24, 2.45) is 5.92 Å². The predicted octanol–water partition coefficient (Wildman–Crippen LogP) is 3.00. The Morgan fingerprint density at radius 2 is 1.96 bits per heavy atom. The minimum absolute atomic E-state index is 0.0698. The molecule has 4 rings (SSSR count). The fraction of sp³-hybridized carbons (Fsp3) is 0.318. The van der Waals surface area contributed by atoms with E-state index in [1.165, 1.54) is 23.4 Å². The van der Waals surface area contributed by atoms with Crippen LogP contribution >= 0.6 is 0 Å². The minimum atomic E-state index is -0.231. The summed E-state index contributed by atoms with van der Waals surface area (Å²) in [5.74, 6) is -0.283. The average Bonchev–Trinajstić information content (AvgIpc) is 2.71. The Morgan fingerprint density at radius 3 is 2.74 bits per heavy atom. The molecule has 0 aromatic heterocycles. The van der Waals surface area contributed by atoms with E-state index in [1.54, 1.807) is 6.08 Å². The van der Waals surface area contributed by atoms with Crippen LogP contribution in [0, 0.1) is 11.7 Å². The van der Waals surface area contributed by atoms with Gasteiger partial charge in [0.1, 0.15) is 5.82 Å². The molecule has 0 unspecified atom stereocenters. The average molecular weight is 365 g/mol. The van der Waals surface area contributed by atoms with Crippen molar-refractivity contribution in [1.29, 1.82) is 0 Å². The molecule has 2 atom stereocenters. The zero-order valence-electron chi connectivity index (χ0n) is 15.3. The van der Waals surface area contributed by atoms with Crippen LogP contribution in [-0.4, -0.2) is 38.1 Å². The van der Waals surface area contributed by atoms with Crippen molar-refractivity contribution in [2.75, 3.05) is 36.0 Å². The number of para-hydroxylation sites is 1. The quantitative estimate of drug-likeness (QED) is 0.846. The third-order valence-electron chi connectivity index (χ3n) is 5.57. The highest BCUT2D eigenvalue weighted by Crippen LogP contribution is 2.36. The van der Waals surface area contributed by atoms with Gasteiger partial charge < -0.3 is 15.1 Å². The van der Waals surface area contributed by atoms with Crippen LogP contribution in [0.3, 0.4) is 0 Å². The van der Waals surface area contributed by atoms with Crippen LogP contribution in [0.4, 0.5) is 15.8 Å². The van der Waals surface area contributed by atoms with Gasteiger partial charge in [-0.1, -0.05) is 24.3 Å². The van der Waals surface area contributed by atoms with Crippen LogP contribution in [0.1, 0.15) is 5.56 Å². The zero-order chi connectivity index (χ0) is 18.8. The van der Waals surface area contributed by atoms with E-state index in [1.807, 2.05) is 18.2 Å². The van der Waals surface area contributed by atoms with Crippen molar-refractivity contribution in [3.05, 3.63) is 72.6 Å². The number of hydrogen-bond donors (Lipinski definition) is 1. The molecule has 2 aliphatic rings. The molecule has 1 fully saturated rings. The highest BCUT2D eigenvalue weighted by atomic mass is 19.1. The number of amides is 1. The Labute approximate surface area is 159 Å². The second-order valence-electron chi connectivity index (χ2n) is 7.16. The predicted molar refractivity (Wildman–Crippen MR) is 107 cm³/mol. The van der Waals surface area contributed by atoms with Crippen molar-refractivity contribution in [3.63, 3.8) is 0 Å². The first-order chi connectivity index (χ1) is 13.2. The molecule has 1 amide bonds. The lowest BCUT2D eigenvalue weighted by Crippen LogP contribution is -2.61. The topological polar surface area (TPSA) is 35.6 Å². The maximum atomic E-state index is 13.3. The second kappa shape index (κ2) is 7.43. The largest absolute Gasteiger partial charge is 0.368 e. The number of carbonyl (C=O) groups is 1. The number of carbonyl (C=O) groups excluding carboxylic acids is 1. The number of nitrogens with zero attached hydrogens (tertiary/aromatic N) is 2. The summed E-state index contributed by atoms with van der Waals surface area (Å²) in [5.41, 5.74) is 3.46. The number of halogens is 1. The Morgan fingerprint density at radius 1 is 1.19 bits per heavy atom. The maximum absolute atomic E-state index is 13.3. The van der Waals surface area contributed by atoms with E-state index in [2.05, 4.69) is 39.9 Å². The van der Waals surface area contributed by atoms with Crippen molar-refractivity contribution in [1.82, 2.24) is 5.32 Å². The normalized spacial score (nSPS) is 21.2. The van der Waals surface area contributed by atoms with Crippen molar-refractivity contribution >= 4 is 17.3 Å². The SMILES string of the molecule is C=CCNC(=O)[C@@H]1Cc2ccccc2N2CCN(c3ccc(F)cc3)C[C@H]12. The summed E-state index contributed by atoms with van der Waals surface area (Å²) in [6.07, 6.45) is 2.44. The van der Waals surface area contributed by atoms with Gasteiger partial charge in [-0.05, 0) is 42.3 Å². The third-order valence-corrected chi connectivity index (χ3v) is 5.57. The summed E-state index contributed by atoms with van der Waals surface area (Å²) >= 11 is 0. The molecule has 0 bridgehead atoms. The van der Waals surface area contributed by atoms with Crippen molar-refractivity contribution in [3.8, 4) is 0 Å². The first-order valence-electron chi connectivity index (χ1n) is 9.41. The van der Waals surface area contributed by atoms with Crippen LogP contribution in [0.25, 0.3) is 0 Å². The summed E-state index contributed by atoms with van der Waals surface area (Å²) < 4.78 is 13.3. The summed E-state index contributed by atoms with van der Waals surface area (Å²) in [6, 6.07) is 15.1. The molecule has 2 aromatic carbocycles. The van der Waals surface area contributed by atoms with E-state index < -0.39 is 0 Å². The number of fused-ring (bicyclic) bond motifs is 3. The Hall–Kier alpha value is -2.82. The molecule has 1 saturated heterocycles. The highest BCUT2D eigenvalue weighted by molar-refractivity contribution is 5.82. The van der Waals surface area contributed by atoms with Crippen LogP contribution in [0.5, 0.6) is 0 Å². The number of rotatable bonds is 4. The number of anilines is 2. The number of nitrogens with one attached hydrogen (secondary N) is 1. The molecule has 0 radical (unpaired) electrons. The first-order valence-corrected chi connectivity index (χ1v) is 9.41. The van der Waals surface area contributed by atoms with E-state index in [0.29, 0.717) is 6.54 Å². The number of piperazine rings is 1. The molecule has 27 heavy (non-hydrogen) atoms. The molecule has 1 N–H and O–H groups in total. The molecule has 5 heteroatoms. The van der Waals surface area contributed by atoms with Gasteiger partial charge in [0.25, 0.3) is 0 Å². The molecule has 0 aliphatic carbocycles. The van der Waals surface area contributed by atoms with Gasteiger partial charge >= 0.3 is 0 Å². The van der Waals surface area contributed by atoms with Gasteiger partial charge in [-0.15, -0.1) is 6.58 Å². The lowest BCUT2D eigenvalue weighted by Gasteiger charge is -2.49. The van der Waals surface area contributed by atoms with Crippen molar-refractivity contribution < 1.29 is 9.18 Å². The van der Waals surface area contributed by atoms with E-state index in [0.717, 1.165) is 31.7 Å². The Balaban J connectivity index is 1.63. The third kappa shape index (κ3) is 3.42. The Bertz CT molecular complexity index is 836. The highest BCUT2D eigenvalue weighted by Gasteiger charge is 2.41. The van der Waals surface area contributed by atoms with E-state index >= 15 is 0 Å². The molecular formula is C22H24FN3O. The van der Waals surface area contributed by atoms with E-state index in [4.69, 9.17) is 0 Å². The van der Waals surface area contributed by atoms with Gasteiger partial charge in [0.15, 0.2) is 0 Å². The Kier molecular flexibility index (Phi) is 4.84. The summed E-state index contributed by atoms with van der Waals surface area (Å²) in [5, 5.41) is 2.98. The van der Waals surface area contributed by atoms with Crippen molar-refractivity contribution in [2.45, 2.75) is 12.5 Å². The lowest BCUT2D eigenvalue weighted by atomic mass is 9.83. The molecule has 4 nitrogen and oxygen atoms in total. The van der Waals surface area contributed by atoms with Crippen LogP contribution in [-0.2, 0) is 11.2 Å². The van der Waals surface area contributed by atoms with Gasteiger partial charge in [-0.2, -0.15) is 0 Å². The monoisotopic (exact) mass is 365 g/mol. The van der Waals surface area contributed by atoms with Gasteiger partial charge in [0.05, 0.1) is 12.0 Å². The molecule has 2 aromatic rings. The van der Waals surface area contributed by atoms with E-state index in [9.17, 15) is 9.18 Å². The minimum Gasteiger partial charge on any atom is -0.368 e.